The fraction of sp³-hybridized carbons (Fsp3) is 0. The van der Waals surface area contributed by atoms with E-state index in [9.17, 15) is 12.8 Å². The summed E-state index contributed by atoms with van der Waals surface area (Å²) in [7, 11) is -3.82. The maximum Gasteiger partial charge on any atom is 0.239 e. The molecule has 0 atom stereocenters. The molecule has 4 rings (SSSR count). The van der Waals surface area contributed by atoms with Gasteiger partial charge in [0.15, 0.2) is 0 Å². The van der Waals surface area contributed by atoms with Gasteiger partial charge in [0.25, 0.3) is 0 Å². The first-order chi connectivity index (χ1) is 13.1. The summed E-state index contributed by atoms with van der Waals surface area (Å²) < 4.78 is 39.2. The standard InChI is InChI=1S/C20H14FN3O2S/c21-16-8-6-14(7-9-16)18-19(15-10-12-22-13-11-15)24-20(23-18)27(25,26)17-4-2-1-3-5-17/h1-13H,(H,23,24). The van der Waals surface area contributed by atoms with Gasteiger partial charge in [-0.05, 0) is 48.5 Å². The molecule has 2 aromatic carbocycles. The van der Waals surface area contributed by atoms with Gasteiger partial charge in [0.2, 0.25) is 15.0 Å². The van der Waals surface area contributed by atoms with Crippen LogP contribution in [0.15, 0.2) is 89.2 Å². The second-order valence-corrected chi connectivity index (χ2v) is 7.69. The van der Waals surface area contributed by atoms with E-state index in [1.807, 2.05) is 0 Å². The van der Waals surface area contributed by atoms with Gasteiger partial charge in [-0.2, -0.15) is 0 Å². The van der Waals surface area contributed by atoms with E-state index in [0.29, 0.717) is 17.0 Å². The number of rotatable bonds is 4. The summed E-state index contributed by atoms with van der Waals surface area (Å²) >= 11 is 0. The molecule has 0 aliphatic heterocycles. The molecule has 0 unspecified atom stereocenters. The largest absolute Gasteiger partial charge is 0.328 e. The topological polar surface area (TPSA) is 75.7 Å². The highest BCUT2D eigenvalue weighted by atomic mass is 32.2. The molecule has 27 heavy (non-hydrogen) atoms. The van der Waals surface area contributed by atoms with E-state index in [1.165, 1.54) is 24.3 Å². The molecule has 134 valence electrons. The number of aromatic amines is 1. The van der Waals surface area contributed by atoms with Crippen LogP contribution in [0.1, 0.15) is 0 Å². The molecular formula is C20H14FN3O2S. The molecule has 7 heteroatoms. The first kappa shape index (κ1) is 17.1. The lowest BCUT2D eigenvalue weighted by atomic mass is 10.1. The van der Waals surface area contributed by atoms with E-state index < -0.39 is 9.84 Å². The SMILES string of the molecule is O=S(=O)(c1ccccc1)c1nc(-c2ccc(F)cc2)c(-c2ccncc2)[nH]1. The van der Waals surface area contributed by atoms with Crippen LogP contribution in [0.3, 0.4) is 0 Å². The van der Waals surface area contributed by atoms with E-state index in [4.69, 9.17) is 0 Å². The predicted octanol–water partition coefficient (Wildman–Crippen LogP) is 4.11. The van der Waals surface area contributed by atoms with Crippen molar-refractivity contribution in [1.82, 2.24) is 15.0 Å². The average Bonchev–Trinajstić information content (AvgIpc) is 3.16. The molecule has 5 nitrogen and oxygen atoms in total. The van der Waals surface area contributed by atoms with E-state index in [2.05, 4.69) is 15.0 Å². The number of nitrogens with zero attached hydrogens (tertiary/aromatic N) is 2. The smallest absolute Gasteiger partial charge is 0.239 e. The Morgan fingerprint density at radius 3 is 2.15 bits per heavy atom. The van der Waals surface area contributed by atoms with Crippen molar-refractivity contribution < 1.29 is 12.8 Å². The maximum absolute atomic E-state index is 13.3. The molecule has 0 amide bonds. The highest BCUT2D eigenvalue weighted by molar-refractivity contribution is 7.91. The minimum absolute atomic E-state index is 0.144. The minimum atomic E-state index is -3.82. The van der Waals surface area contributed by atoms with Crippen molar-refractivity contribution in [2.75, 3.05) is 0 Å². The molecule has 0 aliphatic carbocycles. The van der Waals surface area contributed by atoms with Crippen LogP contribution < -0.4 is 0 Å². The number of benzene rings is 2. The summed E-state index contributed by atoms with van der Waals surface area (Å²) in [6.45, 7) is 0. The van der Waals surface area contributed by atoms with E-state index in [1.54, 1.807) is 54.9 Å². The van der Waals surface area contributed by atoms with Crippen LogP contribution in [0.5, 0.6) is 0 Å². The van der Waals surface area contributed by atoms with Gasteiger partial charge < -0.3 is 4.98 Å². The average molecular weight is 379 g/mol. The van der Waals surface area contributed by atoms with Crippen LogP contribution in [0.25, 0.3) is 22.5 Å². The fourth-order valence-electron chi connectivity index (χ4n) is 2.73. The number of pyridine rings is 1. The van der Waals surface area contributed by atoms with Gasteiger partial charge in [-0.15, -0.1) is 0 Å². The third kappa shape index (κ3) is 3.24. The minimum Gasteiger partial charge on any atom is -0.328 e. The lowest BCUT2D eigenvalue weighted by molar-refractivity contribution is 0.589. The van der Waals surface area contributed by atoms with Gasteiger partial charge in [0.1, 0.15) is 5.82 Å². The van der Waals surface area contributed by atoms with Gasteiger partial charge in [-0.3, -0.25) is 4.98 Å². The summed E-state index contributed by atoms with van der Waals surface area (Å²) in [6, 6.07) is 17.3. The molecule has 4 aromatic rings. The van der Waals surface area contributed by atoms with Crippen LogP contribution in [-0.2, 0) is 9.84 Å². The van der Waals surface area contributed by atoms with Crippen LogP contribution in [0.2, 0.25) is 0 Å². The molecule has 0 saturated carbocycles. The highest BCUT2D eigenvalue weighted by Gasteiger charge is 2.25. The van der Waals surface area contributed by atoms with Crippen molar-refractivity contribution in [3.8, 4) is 22.5 Å². The van der Waals surface area contributed by atoms with Crippen LogP contribution in [0.4, 0.5) is 4.39 Å². The Morgan fingerprint density at radius 1 is 0.815 bits per heavy atom. The summed E-state index contributed by atoms with van der Waals surface area (Å²) in [5, 5.41) is -0.167. The van der Waals surface area contributed by atoms with Crippen molar-refractivity contribution in [3.05, 3.63) is 84.9 Å². The number of imidazole rings is 1. The maximum atomic E-state index is 13.3. The monoisotopic (exact) mass is 379 g/mol. The number of hydrogen-bond donors (Lipinski definition) is 1. The second kappa shape index (κ2) is 6.77. The molecule has 0 spiro atoms. The van der Waals surface area contributed by atoms with E-state index >= 15 is 0 Å². The summed E-state index contributed by atoms with van der Waals surface area (Å²) in [6.07, 6.45) is 3.21. The van der Waals surface area contributed by atoms with Crippen molar-refractivity contribution in [1.29, 1.82) is 0 Å². The number of aromatic nitrogens is 3. The van der Waals surface area contributed by atoms with Crippen LogP contribution in [0, 0.1) is 5.82 Å². The Labute approximate surface area is 155 Å². The Bertz CT molecular complexity index is 1170. The van der Waals surface area contributed by atoms with Crippen molar-refractivity contribution in [2.24, 2.45) is 0 Å². The molecule has 0 aliphatic rings. The van der Waals surface area contributed by atoms with Crippen LogP contribution >= 0.6 is 0 Å². The lowest BCUT2D eigenvalue weighted by Crippen LogP contribution is -2.04. The molecule has 1 N–H and O–H groups in total. The summed E-state index contributed by atoms with van der Waals surface area (Å²) in [5.41, 5.74) is 2.29. The zero-order valence-electron chi connectivity index (χ0n) is 14.0. The quantitative estimate of drug-likeness (QED) is 0.579. The van der Waals surface area contributed by atoms with Gasteiger partial charge in [-0.1, -0.05) is 18.2 Å². The Balaban J connectivity index is 1.92. The zero-order chi connectivity index (χ0) is 18.9. The lowest BCUT2D eigenvalue weighted by Gasteiger charge is -2.02. The molecule has 2 heterocycles. The number of sulfone groups is 1. The number of hydrogen-bond acceptors (Lipinski definition) is 4. The first-order valence-electron chi connectivity index (χ1n) is 8.12. The number of halogens is 1. The Hall–Kier alpha value is -3.32. The van der Waals surface area contributed by atoms with Crippen molar-refractivity contribution >= 4 is 9.84 Å². The molecular weight excluding hydrogens is 365 g/mol. The zero-order valence-corrected chi connectivity index (χ0v) is 14.8. The Kier molecular flexibility index (Phi) is 4.29. The van der Waals surface area contributed by atoms with E-state index in [0.717, 1.165) is 5.56 Å². The molecule has 2 aromatic heterocycles. The van der Waals surface area contributed by atoms with Gasteiger partial charge >= 0.3 is 0 Å². The number of H-pyrrole nitrogens is 1. The van der Waals surface area contributed by atoms with E-state index in [-0.39, 0.29) is 15.9 Å². The first-order valence-corrected chi connectivity index (χ1v) is 9.60. The second-order valence-electron chi connectivity index (χ2n) is 5.82. The molecule has 0 bridgehead atoms. The van der Waals surface area contributed by atoms with Crippen LogP contribution in [-0.4, -0.2) is 23.4 Å². The molecule has 0 fully saturated rings. The molecule has 0 radical (unpaired) electrons. The third-order valence-corrected chi connectivity index (χ3v) is 5.67. The summed E-state index contributed by atoms with van der Waals surface area (Å²) in [4.78, 5) is 11.4. The van der Waals surface area contributed by atoms with Gasteiger partial charge in [0, 0.05) is 23.5 Å². The normalized spacial score (nSPS) is 11.4. The van der Waals surface area contributed by atoms with Crippen molar-refractivity contribution in [3.63, 3.8) is 0 Å². The fourth-order valence-corrected chi connectivity index (χ4v) is 3.92. The van der Waals surface area contributed by atoms with Crippen molar-refractivity contribution in [2.45, 2.75) is 10.1 Å². The highest BCUT2D eigenvalue weighted by Crippen LogP contribution is 2.32. The third-order valence-electron chi connectivity index (χ3n) is 4.08. The Morgan fingerprint density at radius 2 is 1.48 bits per heavy atom. The molecule has 0 saturated heterocycles. The van der Waals surface area contributed by atoms with Gasteiger partial charge in [-0.25, -0.2) is 17.8 Å². The predicted molar refractivity (Wildman–Crippen MR) is 99.1 cm³/mol. The van der Waals surface area contributed by atoms with Gasteiger partial charge in [0.05, 0.1) is 16.3 Å². The number of nitrogens with one attached hydrogen (secondary N) is 1. The summed E-state index contributed by atoms with van der Waals surface area (Å²) in [5.74, 6) is -0.378.